The van der Waals surface area contributed by atoms with Gasteiger partial charge in [-0.15, -0.1) is 0 Å². The lowest BCUT2D eigenvalue weighted by Crippen LogP contribution is -2.25. The molecule has 0 aliphatic heterocycles. The summed E-state index contributed by atoms with van der Waals surface area (Å²) in [6.45, 7) is 1.51. The van der Waals surface area contributed by atoms with Gasteiger partial charge in [0.1, 0.15) is 5.69 Å². The third kappa shape index (κ3) is 1.70. The van der Waals surface area contributed by atoms with E-state index in [4.69, 9.17) is 14.4 Å². The second kappa shape index (κ2) is 4.11. The van der Waals surface area contributed by atoms with Gasteiger partial charge in [-0.3, -0.25) is 15.3 Å². The van der Waals surface area contributed by atoms with Crippen LogP contribution in [0.25, 0.3) is 0 Å². The molecule has 1 aromatic heterocycles. The first-order valence-corrected chi connectivity index (χ1v) is 4.85. The lowest BCUT2D eigenvalue weighted by atomic mass is 10.0. The van der Waals surface area contributed by atoms with Gasteiger partial charge >= 0.3 is 5.71 Å². The summed E-state index contributed by atoms with van der Waals surface area (Å²) in [6, 6.07) is 0. The number of methoxy groups -OCH3 is 1. The van der Waals surface area contributed by atoms with Gasteiger partial charge in [-0.2, -0.15) is 0 Å². The molecule has 2 rings (SSSR count). The van der Waals surface area contributed by atoms with Crippen LogP contribution in [0.4, 0.5) is 0 Å². The molecular formula is C9H9N3O6. The minimum absolute atomic E-state index is 0.0394. The SMILES string of the molecule is COC1C([N+](=O)[O-])=C/C(=[N+](\[O-])O)c2oc(C)nc21. The number of fused-ring (bicyclic) bond motifs is 1. The Morgan fingerprint density at radius 3 is 2.72 bits per heavy atom. The maximum Gasteiger partial charge on any atom is 0.318 e. The minimum Gasteiger partial charge on any atom is -0.434 e. The van der Waals surface area contributed by atoms with Crippen molar-refractivity contribution in [2.24, 2.45) is 0 Å². The molecule has 0 saturated heterocycles. The summed E-state index contributed by atoms with van der Waals surface area (Å²) in [5, 5.41) is 30.8. The summed E-state index contributed by atoms with van der Waals surface area (Å²) in [4.78, 5) is 13.6. The first kappa shape index (κ1) is 12.0. The number of rotatable bonds is 2. The second-order valence-corrected chi connectivity index (χ2v) is 3.55. The number of allylic oxidation sites excluding steroid dienone is 1. The molecule has 0 spiro atoms. The first-order valence-electron chi connectivity index (χ1n) is 4.85. The highest BCUT2D eigenvalue weighted by Gasteiger charge is 2.42. The van der Waals surface area contributed by atoms with E-state index in [0.29, 0.717) is 0 Å². The molecule has 1 aromatic rings. The van der Waals surface area contributed by atoms with Crippen LogP contribution in [0, 0.1) is 22.2 Å². The summed E-state index contributed by atoms with van der Waals surface area (Å²) in [6.07, 6.45) is -0.148. The van der Waals surface area contributed by atoms with Gasteiger partial charge in [0.05, 0.1) is 11.0 Å². The molecule has 0 saturated carbocycles. The molecule has 1 atom stereocenters. The Balaban J connectivity index is 2.69. The van der Waals surface area contributed by atoms with E-state index in [0.717, 1.165) is 6.08 Å². The van der Waals surface area contributed by atoms with Gasteiger partial charge < -0.3 is 14.4 Å². The zero-order chi connectivity index (χ0) is 13.4. The van der Waals surface area contributed by atoms with Crippen LogP contribution in [-0.2, 0) is 4.74 Å². The van der Waals surface area contributed by atoms with Crippen molar-refractivity contribution >= 4 is 5.71 Å². The van der Waals surface area contributed by atoms with E-state index in [9.17, 15) is 15.3 Å². The first-order chi connectivity index (χ1) is 8.45. The van der Waals surface area contributed by atoms with Crippen molar-refractivity contribution in [3.05, 3.63) is 44.4 Å². The van der Waals surface area contributed by atoms with Gasteiger partial charge in [0, 0.05) is 18.9 Å². The standard InChI is InChI=1S/C9H9N3O6/c1-4-10-7-8(17-2)5(11(13)14)3-6(12(15)16)9(7)18-4/h3,8H,1-2H3,(H,15,16). The van der Waals surface area contributed by atoms with Crippen LogP contribution in [0.2, 0.25) is 0 Å². The predicted octanol–water partition coefficient (Wildman–Crippen LogP) is 0.533. The molecule has 18 heavy (non-hydrogen) atoms. The monoisotopic (exact) mass is 255 g/mol. The van der Waals surface area contributed by atoms with E-state index >= 15 is 0 Å². The van der Waals surface area contributed by atoms with Crippen LogP contribution in [0.15, 0.2) is 16.2 Å². The number of nitro groups is 1. The van der Waals surface area contributed by atoms with Crippen molar-refractivity contribution in [1.29, 1.82) is 0 Å². The van der Waals surface area contributed by atoms with Crippen LogP contribution >= 0.6 is 0 Å². The van der Waals surface area contributed by atoms with Crippen molar-refractivity contribution in [2.45, 2.75) is 13.0 Å². The van der Waals surface area contributed by atoms with Gasteiger partial charge in [0.25, 0.3) is 5.70 Å². The smallest absolute Gasteiger partial charge is 0.318 e. The Bertz CT molecular complexity index is 569. The fraction of sp³-hybridized carbons (Fsp3) is 0.333. The zero-order valence-corrected chi connectivity index (χ0v) is 9.48. The molecule has 1 aliphatic carbocycles. The van der Waals surface area contributed by atoms with Crippen molar-refractivity contribution in [1.82, 2.24) is 4.98 Å². The Kier molecular flexibility index (Phi) is 2.75. The summed E-state index contributed by atoms with van der Waals surface area (Å²) in [7, 11) is 1.27. The number of hydrogen-bond donors (Lipinski definition) is 1. The quantitative estimate of drug-likeness (QED) is 0.353. The van der Waals surface area contributed by atoms with E-state index in [-0.39, 0.29) is 23.1 Å². The van der Waals surface area contributed by atoms with Gasteiger partial charge in [0.2, 0.25) is 5.76 Å². The van der Waals surface area contributed by atoms with E-state index < -0.39 is 21.6 Å². The number of oxazole rings is 1. The Hall–Kier alpha value is -2.42. The van der Waals surface area contributed by atoms with E-state index in [1.165, 1.54) is 14.0 Å². The molecule has 9 nitrogen and oxygen atoms in total. The number of ether oxygens (including phenoxy) is 1. The van der Waals surface area contributed by atoms with E-state index in [1.807, 2.05) is 0 Å². The highest BCUT2D eigenvalue weighted by molar-refractivity contribution is 6.05. The van der Waals surface area contributed by atoms with E-state index in [1.54, 1.807) is 0 Å². The minimum atomic E-state index is -1.05. The highest BCUT2D eigenvalue weighted by Crippen LogP contribution is 2.33. The molecule has 1 aliphatic rings. The van der Waals surface area contributed by atoms with E-state index in [2.05, 4.69) is 4.98 Å². The van der Waals surface area contributed by atoms with Crippen molar-refractivity contribution in [3.8, 4) is 0 Å². The molecule has 1 unspecified atom stereocenters. The maximum atomic E-state index is 11.0. The van der Waals surface area contributed by atoms with Gasteiger partial charge in [-0.1, -0.05) is 0 Å². The van der Waals surface area contributed by atoms with Crippen LogP contribution in [0.5, 0.6) is 0 Å². The van der Waals surface area contributed by atoms with Crippen LogP contribution in [-0.4, -0.2) is 32.8 Å². The lowest BCUT2D eigenvalue weighted by molar-refractivity contribution is -0.725. The Morgan fingerprint density at radius 1 is 1.56 bits per heavy atom. The molecule has 0 radical (unpaired) electrons. The van der Waals surface area contributed by atoms with Crippen LogP contribution < -0.4 is 0 Å². The number of aromatic nitrogens is 1. The number of nitrogens with zero attached hydrogens (tertiary/aromatic N) is 3. The Morgan fingerprint density at radius 2 is 2.22 bits per heavy atom. The van der Waals surface area contributed by atoms with Crippen molar-refractivity contribution in [3.63, 3.8) is 0 Å². The van der Waals surface area contributed by atoms with Gasteiger partial charge in [-0.25, -0.2) is 4.98 Å². The molecule has 0 fully saturated rings. The largest absolute Gasteiger partial charge is 0.434 e. The number of hydrogen-bond acceptors (Lipinski definition) is 7. The molecule has 1 heterocycles. The second-order valence-electron chi connectivity index (χ2n) is 3.55. The molecule has 0 amide bonds. The van der Waals surface area contributed by atoms with Crippen LogP contribution in [0.1, 0.15) is 23.4 Å². The maximum absolute atomic E-state index is 11.0. The fourth-order valence-electron chi connectivity index (χ4n) is 1.75. The molecule has 0 aromatic carbocycles. The molecule has 9 heteroatoms. The average molecular weight is 255 g/mol. The van der Waals surface area contributed by atoms with Gasteiger partial charge in [0.15, 0.2) is 12.0 Å². The molecular weight excluding hydrogens is 246 g/mol. The third-order valence-electron chi connectivity index (χ3n) is 2.45. The normalized spacial score (nSPS) is 21.2. The predicted molar refractivity (Wildman–Crippen MR) is 55.6 cm³/mol. The summed E-state index contributed by atoms with van der Waals surface area (Å²) in [5.41, 5.74) is -0.692. The lowest BCUT2D eigenvalue weighted by Gasteiger charge is -2.13. The molecule has 1 N–H and O–H groups in total. The topological polar surface area (TPSA) is 125 Å². The summed E-state index contributed by atoms with van der Waals surface area (Å²) >= 11 is 0. The third-order valence-corrected chi connectivity index (χ3v) is 2.45. The zero-order valence-electron chi connectivity index (χ0n) is 9.48. The summed E-state index contributed by atoms with van der Waals surface area (Å²) in [5.74, 6) is 0.168. The Labute approximate surface area is 100 Å². The summed E-state index contributed by atoms with van der Waals surface area (Å²) < 4.78 is 10.1. The molecule has 96 valence electrons. The van der Waals surface area contributed by atoms with Crippen molar-refractivity contribution < 1.29 is 24.2 Å². The highest BCUT2D eigenvalue weighted by atomic mass is 16.8. The van der Waals surface area contributed by atoms with Gasteiger partial charge in [-0.05, 0) is 0 Å². The van der Waals surface area contributed by atoms with Crippen LogP contribution in [0.3, 0.4) is 0 Å². The number of aryl methyl sites for hydroxylation is 1. The fourth-order valence-corrected chi connectivity index (χ4v) is 1.75. The molecule has 0 bridgehead atoms. The van der Waals surface area contributed by atoms with Crippen molar-refractivity contribution in [2.75, 3.05) is 7.11 Å². The average Bonchev–Trinajstić information content (AvgIpc) is 2.67.